The number of carbonyl (C=O) groups is 3. The number of amides is 3. The van der Waals surface area contributed by atoms with Gasteiger partial charge in [-0.05, 0) is 42.0 Å². The quantitative estimate of drug-likeness (QED) is 0.650. The molecule has 0 saturated carbocycles. The Hall–Kier alpha value is -2.67. The van der Waals surface area contributed by atoms with Crippen LogP contribution in [0, 0.1) is 5.92 Å². The zero-order valence-electron chi connectivity index (χ0n) is 15.7. The Morgan fingerprint density at radius 2 is 1.85 bits per heavy atom. The maximum absolute atomic E-state index is 12.2. The van der Waals surface area contributed by atoms with Crippen molar-refractivity contribution in [1.29, 1.82) is 0 Å². The Kier molecular flexibility index (Phi) is 7.55. The third-order valence-corrected chi connectivity index (χ3v) is 4.63. The minimum absolute atomic E-state index is 0.0314. The van der Waals surface area contributed by atoms with Crippen LogP contribution in [-0.2, 0) is 16.1 Å². The predicted octanol–water partition coefficient (Wildman–Crippen LogP) is 3.17. The SMILES string of the molecule is CC(C)CC(=O)Nc1cccc(CNC(=O)C(C)NC(=O)c2cccs2)c1. The molecule has 1 aromatic heterocycles. The summed E-state index contributed by atoms with van der Waals surface area (Å²) in [6, 6.07) is 10.2. The van der Waals surface area contributed by atoms with Crippen molar-refractivity contribution in [3.63, 3.8) is 0 Å². The lowest BCUT2D eigenvalue weighted by molar-refractivity contribution is -0.122. The molecule has 0 saturated heterocycles. The summed E-state index contributed by atoms with van der Waals surface area (Å²) in [5.74, 6) is -0.272. The largest absolute Gasteiger partial charge is 0.350 e. The summed E-state index contributed by atoms with van der Waals surface area (Å²) in [6.45, 7) is 5.93. The molecule has 7 heteroatoms. The van der Waals surface area contributed by atoms with Gasteiger partial charge in [0.1, 0.15) is 6.04 Å². The third-order valence-electron chi connectivity index (χ3n) is 3.76. The molecule has 144 valence electrons. The lowest BCUT2D eigenvalue weighted by atomic mass is 10.1. The van der Waals surface area contributed by atoms with Gasteiger partial charge in [-0.15, -0.1) is 11.3 Å². The van der Waals surface area contributed by atoms with Gasteiger partial charge in [-0.1, -0.05) is 32.0 Å². The molecule has 1 unspecified atom stereocenters. The number of anilines is 1. The number of rotatable bonds is 8. The van der Waals surface area contributed by atoms with E-state index in [2.05, 4.69) is 16.0 Å². The number of carbonyl (C=O) groups excluding carboxylic acids is 3. The maximum Gasteiger partial charge on any atom is 0.261 e. The molecule has 0 aliphatic heterocycles. The van der Waals surface area contributed by atoms with E-state index in [0.29, 0.717) is 29.4 Å². The molecule has 0 spiro atoms. The monoisotopic (exact) mass is 387 g/mol. The molecule has 0 bridgehead atoms. The van der Waals surface area contributed by atoms with Crippen molar-refractivity contribution in [1.82, 2.24) is 10.6 Å². The third kappa shape index (κ3) is 6.86. The highest BCUT2D eigenvalue weighted by Crippen LogP contribution is 2.12. The fourth-order valence-electron chi connectivity index (χ4n) is 2.43. The van der Waals surface area contributed by atoms with Gasteiger partial charge in [-0.25, -0.2) is 0 Å². The molecule has 0 aliphatic carbocycles. The zero-order chi connectivity index (χ0) is 19.8. The van der Waals surface area contributed by atoms with E-state index in [0.717, 1.165) is 5.56 Å². The van der Waals surface area contributed by atoms with Gasteiger partial charge in [0.15, 0.2) is 0 Å². The van der Waals surface area contributed by atoms with E-state index in [-0.39, 0.29) is 17.7 Å². The lowest BCUT2D eigenvalue weighted by Gasteiger charge is -2.14. The van der Waals surface area contributed by atoms with Crippen molar-refractivity contribution < 1.29 is 14.4 Å². The lowest BCUT2D eigenvalue weighted by Crippen LogP contribution is -2.44. The second-order valence-corrected chi connectivity index (χ2v) is 7.68. The molecule has 1 aromatic carbocycles. The van der Waals surface area contributed by atoms with Crippen LogP contribution in [0.4, 0.5) is 5.69 Å². The van der Waals surface area contributed by atoms with E-state index in [4.69, 9.17) is 0 Å². The van der Waals surface area contributed by atoms with Crippen molar-refractivity contribution in [3.05, 3.63) is 52.2 Å². The van der Waals surface area contributed by atoms with Gasteiger partial charge < -0.3 is 16.0 Å². The molecule has 2 aromatic rings. The standard InChI is InChI=1S/C20H25N3O3S/c1-13(2)10-18(24)23-16-7-4-6-15(11-16)12-21-19(25)14(3)22-20(26)17-8-5-9-27-17/h4-9,11,13-14H,10,12H2,1-3H3,(H,21,25)(H,22,26)(H,23,24). The Labute approximate surface area is 163 Å². The molecule has 27 heavy (non-hydrogen) atoms. The molecule has 3 amide bonds. The second-order valence-electron chi connectivity index (χ2n) is 6.74. The highest BCUT2D eigenvalue weighted by atomic mass is 32.1. The number of hydrogen-bond donors (Lipinski definition) is 3. The van der Waals surface area contributed by atoms with E-state index >= 15 is 0 Å². The highest BCUT2D eigenvalue weighted by Gasteiger charge is 2.16. The predicted molar refractivity (Wildman–Crippen MR) is 108 cm³/mol. The minimum Gasteiger partial charge on any atom is -0.350 e. The van der Waals surface area contributed by atoms with Gasteiger partial charge in [0.05, 0.1) is 4.88 Å². The first-order chi connectivity index (χ1) is 12.8. The van der Waals surface area contributed by atoms with Crippen LogP contribution in [0.15, 0.2) is 41.8 Å². The first kappa shape index (κ1) is 20.6. The molecular formula is C20H25N3O3S. The molecule has 2 rings (SSSR count). The van der Waals surface area contributed by atoms with Crippen LogP contribution in [0.25, 0.3) is 0 Å². The smallest absolute Gasteiger partial charge is 0.261 e. The number of thiophene rings is 1. The van der Waals surface area contributed by atoms with Gasteiger partial charge in [0, 0.05) is 18.7 Å². The van der Waals surface area contributed by atoms with Crippen molar-refractivity contribution in [2.24, 2.45) is 5.92 Å². The van der Waals surface area contributed by atoms with Crippen molar-refractivity contribution in [3.8, 4) is 0 Å². The first-order valence-electron chi connectivity index (χ1n) is 8.86. The van der Waals surface area contributed by atoms with E-state index in [9.17, 15) is 14.4 Å². The average molecular weight is 388 g/mol. The second kappa shape index (κ2) is 9.87. The highest BCUT2D eigenvalue weighted by molar-refractivity contribution is 7.12. The van der Waals surface area contributed by atoms with Crippen molar-refractivity contribution >= 4 is 34.7 Å². The van der Waals surface area contributed by atoms with Crippen molar-refractivity contribution in [2.45, 2.75) is 39.8 Å². The topological polar surface area (TPSA) is 87.3 Å². The first-order valence-corrected chi connectivity index (χ1v) is 9.74. The van der Waals surface area contributed by atoms with E-state index in [1.165, 1.54) is 11.3 Å². The van der Waals surface area contributed by atoms with Crippen LogP contribution < -0.4 is 16.0 Å². The van der Waals surface area contributed by atoms with Gasteiger partial charge in [0.2, 0.25) is 11.8 Å². The van der Waals surface area contributed by atoms with Crippen LogP contribution in [0.3, 0.4) is 0 Å². The molecule has 0 radical (unpaired) electrons. The van der Waals surface area contributed by atoms with E-state index < -0.39 is 6.04 Å². The molecule has 3 N–H and O–H groups in total. The van der Waals surface area contributed by atoms with Crippen LogP contribution in [0.2, 0.25) is 0 Å². The van der Waals surface area contributed by atoms with Crippen LogP contribution in [-0.4, -0.2) is 23.8 Å². The Bertz CT molecular complexity index is 788. The van der Waals surface area contributed by atoms with Crippen LogP contribution in [0.5, 0.6) is 0 Å². The number of nitrogens with one attached hydrogen (secondary N) is 3. The Morgan fingerprint density at radius 3 is 2.52 bits per heavy atom. The fourth-order valence-corrected chi connectivity index (χ4v) is 3.05. The average Bonchev–Trinajstić information content (AvgIpc) is 3.13. The summed E-state index contributed by atoms with van der Waals surface area (Å²) in [7, 11) is 0. The van der Waals surface area contributed by atoms with Gasteiger partial charge in [0.25, 0.3) is 5.91 Å². The summed E-state index contributed by atoms with van der Waals surface area (Å²) >= 11 is 1.33. The molecule has 1 atom stereocenters. The molecule has 0 aliphatic rings. The normalized spacial score (nSPS) is 11.7. The number of hydrogen-bond acceptors (Lipinski definition) is 4. The Morgan fingerprint density at radius 1 is 1.07 bits per heavy atom. The van der Waals surface area contributed by atoms with Gasteiger partial charge in [-0.3, -0.25) is 14.4 Å². The molecular weight excluding hydrogens is 362 g/mol. The Balaban J connectivity index is 1.84. The maximum atomic E-state index is 12.2. The van der Waals surface area contributed by atoms with E-state index in [1.807, 2.05) is 43.5 Å². The fraction of sp³-hybridized carbons (Fsp3) is 0.350. The zero-order valence-corrected chi connectivity index (χ0v) is 16.6. The minimum atomic E-state index is -0.645. The van der Waals surface area contributed by atoms with Gasteiger partial charge in [-0.2, -0.15) is 0 Å². The summed E-state index contributed by atoms with van der Waals surface area (Å²) in [4.78, 5) is 36.6. The summed E-state index contributed by atoms with van der Waals surface area (Å²) < 4.78 is 0. The molecule has 1 heterocycles. The van der Waals surface area contributed by atoms with Crippen LogP contribution >= 0.6 is 11.3 Å². The summed E-state index contributed by atoms with van der Waals surface area (Å²) in [6.07, 6.45) is 0.461. The molecule has 6 nitrogen and oxygen atoms in total. The van der Waals surface area contributed by atoms with E-state index in [1.54, 1.807) is 19.1 Å². The van der Waals surface area contributed by atoms with Crippen molar-refractivity contribution in [2.75, 3.05) is 5.32 Å². The van der Waals surface area contributed by atoms with Crippen LogP contribution in [0.1, 0.15) is 42.4 Å². The molecule has 0 fully saturated rings. The number of benzene rings is 1. The summed E-state index contributed by atoms with van der Waals surface area (Å²) in [5, 5.41) is 10.1. The van der Waals surface area contributed by atoms with Gasteiger partial charge >= 0.3 is 0 Å². The summed E-state index contributed by atoms with van der Waals surface area (Å²) in [5.41, 5.74) is 1.56.